The number of carbonyl (C=O) groups excluding carboxylic acids is 1. The van der Waals surface area contributed by atoms with E-state index in [2.05, 4.69) is 40.8 Å². The van der Waals surface area contributed by atoms with Gasteiger partial charge in [-0.25, -0.2) is 18.1 Å². The number of aromatic nitrogens is 2. The molecule has 0 unspecified atom stereocenters. The van der Waals surface area contributed by atoms with Crippen LogP contribution in [0.5, 0.6) is 0 Å². The summed E-state index contributed by atoms with van der Waals surface area (Å²) >= 11 is 0. The lowest BCUT2D eigenvalue weighted by atomic mass is 9.87. The van der Waals surface area contributed by atoms with E-state index in [1.807, 2.05) is 37.3 Å². The van der Waals surface area contributed by atoms with Crippen molar-refractivity contribution < 1.29 is 13.2 Å². The molecule has 0 atom stereocenters. The smallest absolute Gasteiger partial charge is 0.240 e. The molecule has 3 rings (SSSR count). The van der Waals surface area contributed by atoms with E-state index in [1.165, 1.54) is 0 Å². The number of rotatable bonds is 7. The molecule has 0 aliphatic rings. The first kappa shape index (κ1) is 22.7. The first-order chi connectivity index (χ1) is 14.6. The Morgan fingerprint density at radius 2 is 1.81 bits per heavy atom. The quantitative estimate of drug-likeness (QED) is 0.517. The number of H-pyrrole nitrogens is 1. The van der Waals surface area contributed by atoms with E-state index in [9.17, 15) is 13.2 Å². The van der Waals surface area contributed by atoms with Crippen LogP contribution in [-0.4, -0.2) is 30.8 Å². The van der Waals surface area contributed by atoms with Crippen molar-refractivity contribution in [1.82, 2.24) is 14.7 Å². The number of sulfonamides is 1. The number of aryl methyl sites for hydroxylation is 1. The van der Waals surface area contributed by atoms with Gasteiger partial charge in [-0.3, -0.25) is 4.79 Å². The predicted octanol–water partition coefficient (Wildman–Crippen LogP) is 3.99. The minimum absolute atomic E-state index is 0.00606. The third-order valence-electron chi connectivity index (χ3n) is 4.96. The lowest BCUT2D eigenvalue weighted by Gasteiger charge is -2.19. The van der Waals surface area contributed by atoms with E-state index in [-0.39, 0.29) is 29.2 Å². The summed E-state index contributed by atoms with van der Waals surface area (Å²) in [5.74, 6) is 0.436. The summed E-state index contributed by atoms with van der Waals surface area (Å²) in [6, 6.07) is 12.5. The van der Waals surface area contributed by atoms with Crippen LogP contribution in [0, 0.1) is 6.92 Å². The number of aromatic amines is 1. The Morgan fingerprint density at radius 1 is 1.10 bits per heavy atom. The number of carbonyl (C=O) groups is 1. The van der Waals surface area contributed by atoms with E-state index in [4.69, 9.17) is 0 Å². The number of imidazole rings is 1. The molecule has 1 heterocycles. The van der Waals surface area contributed by atoms with Gasteiger partial charge >= 0.3 is 0 Å². The molecular weight excluding hydrogens is 412 g/mol. The second kappa shape index (κ2) is 9.03. The van der Waals surface area contributed by atoms with E-state index >= 15 is 0 Å². The molecule has 3 N–H and O–H groups in total. The van der Waals surface area contributed by atoms with Gasteiger partial charge in [0, 0.05) is 36.6 Å². The lowest BCUT2D eigenvalue weighted by Crippen LogP contribution is -2.28. The van der Waals surface area contributed by atoms with Crippen LogP contribution >= 0.6 is 0 Å². The van der Waals surface area contributed by atoms with Gasteiger partial charge in [0.2, 0.25) is 15.9 Å². The zero-order valence-electron chi connectivity index (χ0n) is 18.2. The van der Waals surface area contributed by atoms with Gasteiger partial charge in [0.05, 0.1) is 4.90 Å². The zero-order chi connectivity index (χ0) is 22.6. The maximum absolute atomic E-state index is 12.5. The number of amides is 1. The van der Waals surface area contributed by atoms with Gasteiger partial charge < -0.3 is 10.3 Å². The van der Waals surface area contributed by atoms with Crippen LogP contribution in [0.15, 0.2) is 59.8 Å². The highest BCUT2D eigenvalue weighted by Gasteiger charge is 2.18. The van der Waals surface area contributed by atoms with Gasteiger partial charge in [-0.15, -0.1) is 0 Å². The first-order valence-electron chi connectivity index (χ1n) is 10.1. The maximum atomic E-state index is 12.5. The fourth-order valence-corrected chi connectivity index (χ4v) is 4.09. The van der Waals surface area contributed by atoms with Gasteiger partial charge in [0.25, 0.3) is 0 Å². The van der Waals surface area contributed by atoms with Crippen LogP contribution in [0.4, 0.5) is 5.69 Å². The molecule has 0 bridgehead atoms. The molecule has 0 aliphatic heterocycles. The third-order valence-corrected chi connectivity index (χ3v) is 6.44. The molecule has 3 aromatic rings. The second-order valence-electron chi connectivity index (χ2n) is 8.44. The minimum atomic E-state index is -3.68. The highest BCUT2D eigenvalue weighted by molar-refractivity contribution is 7.89. The van der Waals surface area contributed by atoms with Gasteiger partial charge in [0.15, 0.2) is 0 Å². The van der Waals surface area contributed by atoms with Crippen molar-refractivity contribution >= 4 is 21.6 Å². The zero-order valence-corrected chi connectivity index (χ0v) is 19.0. The number of nitrogens with one attached hydrogen (secondary N) is 3. The lowest BCUT2D eigenvalue weighted by molar-refractivity contribution is -0.116. The largest absolute Gasteiger partial charge is 0.345 e. The van der Waals surface area contributed by atoms with Crippen molar-refractivity contribution in [3.8, 4) is 11.4 Å². The summed E-state index contributed by atoms with van der Waals surface area (Å²) < 4.78 is 27.5. The molecule has 1 amide bonds. The van der Waals surface area contributed by atoms with Crippen LogP contribution < -0.4 is 10.0 Å². The van der Waals surface area contributed by atoms with Crippen LogP contribution in [0.1, 0.15) is 38.3 Å². The molecular formula is C23H28N4O3S. The summed E-state index contributed by atoms with van der Waals surface area (Å²) in [6.07, 6.45) is 3.41. The maximum Gasteiger partial charge on any atom is 0.240 e. The fraction of sp³-hybridized carbons (Fsp3) is 0.304. The van der Waals surface area contributed by atoms with Crippen molar-refractivity contribution in [1.29, 1.82) is 0 Å². The molecule has 2 aromatic carbocycles. The number of anilines is 1. The molecule has 8 heteroatoms. The molecule has 0 saturated heterocycles. The van der Waals surface area contributed by atoms with Gasteiger partial charge in [0.1, 0.15) is 5.82 Å². The Labute approximate surface area is 183 Å². The normalized spacial score (nSPS) is 12.0. The molecule has 0 radical (unpaired) electrons. The third kappa shape index (κ3) is 5.80. The van der Waals surface area contributed by atoms with Crippen LogP contribution in [-0.2, 0) is 20.2 Å². The van der Waals surface area contributed by atoms with Gasteiger partial charge in [-0.1, -0.05) is 45.0 Å². The molecule has 0 spiro atoms. The Morgan fingerprint density at radius 3 is 2.42 bits per heavy atom. The molecule has 7 nitrogen and oxygen atoms in total. The van der Waals surface area contributed by atoms with Crippen LogP contribution in [0.3, 0.4) is 0 Å². The van der Waals surface area contributed by atoms with E-state index in [0.29, 0.717) is 11.5 Å². The Hall–Kier alpha value is -2.97. The summed E-state index contributed by atoms with van der Waals surface area (Å²) in [7, 11) is -3.68. The van der Waals surface area contributed by atoms with Gasteiger partial charge in [-0.05, 0) is 41.7 Å². The standard InChI is InChI=1S/C23H28N4O3S/c1-16-5-6-17(22-24-13-14-25-22)15-20(16)27-21(28)11-12-26-31(29,30)19-9-7-18(8-10-19)23(2,3)4/h5-10,13-15,26H,11-12H2,1-4H3,(H,24,25)(H,27,28). The summed E-state index contributed by atoms with van der Waals surface area (Å²) in [5, 5.41) is 2.85. The predicted molar refractivity (Wildman–Crippen MR) is 122 cm³/mol. The van der Waals surface area contributed by atoms with E-state index < -0.39 is 10.0 Å². The SMILES string of the molecule is Cc1ccc(-c2ncc[nH]2)cc1NC(=O)CCNS(=O)(=O)c1ccc(C(C)(C)C)cc1. The average Bonchev–Trinajstić information content (AvgIpc) is 3.24. The minimum Gasteiger partial charge on any atom is -0.345 e. The van der Waals surface area contributed by atoms with Crippen LogP contribution in [0.2, 0.25) is 0 Å². The van der Waals surface area contributed by atoms with Crippen molar-refractivity contribution in [2.75, 3.05) is 11.9 Å². The highest BCUT2D eigenvalue weighted by Crippen LogP contribution is 2.24. The molecule has 31 heavy (non-hydrogen) atoms. The second-order valence-corrected chi connectivity index (χ2v) is 10.2. The molecule has 1 aromatic heterocycles. The summed E-state index contributed by atoms with van der Waals surface area (Å²) in [4.78, 5) is 19.8. The van der Waals surface area contributed by atoms with Crippen molar-refractivity contribution in [2.45, 2.75) is 44.4 Å². The molecule has 0 fully saturated rings. The average molecular weight is 441 g/mol. The number of benzene rings is 2. The first-order valence-corrected chi connectivity index (χ1v) is 11.5. The van der Waals surface area contributed by atoms with Crippen molar-refractivity contribution in [2.24, 2.45) is 0 Å². The highest BCUT2D eigenvalue weighted by atomic mass is 32.2. The van der Waals surface area contributed by atoms with Gasteiger partial charge in [-0.2, -0.15) is 0 Å². The summed E-state index contributed by atoms with van der Waals surface area (Å²) in [6.45, 7) is 8.11. The van der Waals surface area contributed by atoms with E-state index in [1.54, 1.807) is 24.5 Å². The Balaban J connectivity index is 1.58. The topological polar surface area (TPSA) is 104 Å². The van der Waals surface area contributed by atoms with Crippen molar-refractivity contribution in [3.63, 3.8) is 0 Å². The molecule has 164 valence electrons. The van der Waals surface area contributed by atoms with E-state index in [0.717, 1.165) is 16.7 Å². The number of hydrogen-bond acceptors (Lipinski definition) is 4. The fourth-order valence-electron chi connectivity index (χ4n) is 3.06. The number of hydrogen-bond donors (Lipinski definition) is 3. The Bertz CT molecular complexity index is 1150. The molecule has 0 aliphatic carbocycles. The number of nitrogens with zero attached hydrogens (tertiary/aromatic N) is 1. The monoisotopic (exact) mass is 440 g/mol. The Kier molecular flexibility index (Phi) is 6.62. The van der Waals surface area contributed by atoms with Crippen molar-refractivity contribution in [3.05, 3.63) is 66.0 Å². The van der Waals surface area contributed by atoms with Crippen LogP contribution in [0.25, 0.3) is 11.4 Å². The molecule has 0 saturated carbocycles. The summed E-state index contributed by atoms with van der Waals surface area (Å²) in [5.41, 5.74) is 3.42.